The molecule has 0 amide bonds. The first-order valence-corrected chi connectivity index (χ1v) is 6.50. The number of nitrogens with two attached hydrogens (primary N) is 1. The predicted molar refractivity (Wildman–Crippen MR) is 74.6 cm³/mol. The van der Waals surface area contributed by atoms with E-state index >= 15 is 0 Å². The van der Waals surface area contributed by atoms with Gasteiger partial charge in [-0.15, -0.1) is 0 Å². The zero-order valence-corrected chi connectivity index (χ0v) is 11.4. The van der Waals surface area contributed by atoms with E-state index in [1.165, 1.54) is 16.7 Å². The van der Waals surface area contributed by atoms with E-state index in [0.717, 1.165) is 24.4 Å². The first-order valence-electron chi connectivity index (χ1n) is 6.50. The Morgan fingerprint density at radius 2 is 1.94 bits per heavy atom. The van der Waals surface area contributed by atoms with Gasteiger partial charge in [-0.2, -0.15) is 0 Å². The van der Waals surface area contributed by atoms with Crippen LogP contribution in [0.2, 0.25) is 0 Å². The first-order chi connectivity index (χ1) is 8.60. The zero-order valence-electron chi connectivity index (χ0n) is 11.4. The van der Waals surface area contributed by atoms with Crippen LogP contribution in [0.25, 0.3) is 0 Å². The van der Waals surface area contributed by atoms with Crippen LogP contribution in [0.1, 0.15) is 41.2 Å². The number of furan rings is 1. The molecule has 1 aromatic heterocycles. The van der Waals surface area contributed by atoms with Crippen molar-refractivity contribution in [3.8, 4) is 0 Å². The highest BCUT2D eigenvalue weighted by atomic mass is 16.3. The fourth-order valence-electron chi connectivity index (χ4n) is 2.14. The van der Waals surface area contributed by atoms with Crippen LogP contribution in [0.3, 0.4) is 0 Å². The summed E-state index contributed by atoms with van der Waals surface area (Å²) in [5, 5.41) is 0. The van der Waals surface area contributed by atoms with Crippen LogP contribution in [-0.4, -0.2) is 0 Å². The van der Waals surface area contributed by atoms with Crippen molar-refractivity contribution < 1.29 is 4.42 Å². The van der Waals surface area contributed by atoms with Gasteiger partial charge in [-0.25, -0.2) is 0 Å². The molecule has 0 aliphatic carbocycles. The summed E-state index contributed by atoms with van der Waals surface area (Å²) in [6.45, 7) is 6.32. The van der Waals surface area contributed by atoms with Crippen molar-refractivity contribution in [2.75, 3.05) is 0 Å². The Kier molecular flexibility index (Phi) is 3.87. The van der Waals surface area contributed by atoms with Gasteiger partial charge in [-0.05, 0) is 43.5 Å². The van der Waals surface area contributed by atoms with Crippen LogP contribution in [0.5, 0.6) is 0 Å². The minimum atomic E-state index is -0.0641. The maximum absolute atomic E-state index is 6.22. The highest BCUT2D eigenvalue weighted by Gasteiger charge is 2.12. The molecule has 0 aliphatic rings. The smallest absolute Gasteiger partial charge is 0.121 e. The molecule has 18 heavy (non-hydrogen) atoms. The molecule has 0 saturated carbocycles. The third-order valence-electron chi connectivity index (χ3n) is 3.34. The molecule has 0 aliphatic heterocycles. The monoisotopic (exact) mass is 243 g/mol. The van der Waals surface area contributed by atoms with Gasteiger partial charge < -0.3 is 10.2 Å². The van der Waals surface area contributed by atoms with E-state index in [4.69, 9.17) is 10.2 Å². The average Bonchev–Trinajstić information content (AvgIpc) is 2.82. The molecule has 1 atom stereocenters. The van der Waals surface area contributed by atoms with Gasteiger partial charge in [-0.3, -0.25) is 0 Å². The van der Waals surface area contributed by atoms with E-state index in [0.29, 0.717) is 0 Å². The zero-order chi connectivity index (χ0) is 13.1. The van der Waals surface area contributed by atoms with E-state index in [2.05, 4.69) is 39.0 Å². The molecular formula is C16H21NO. The highest BCUT2D eigenvalue weighted by molar-refractivity contribution is 5.31. The minimum absolute atomic E-state index is 0.0641. The van der Waals surface area contributed by atoms with Gasteiger partial charge in [-0.1, -0.05) is 30.7 Å². The second-order valence-electron chi connectivity index (χ2n) is 4.90. The average molecular weight is 243 g/mol. The van der Waals surface area contributed by atoms with Gasteiger partial charge in [0, 0.05) is 6.42 Å². The maximum atomic E-state index is 6.22. The molecule has 0 saturated heterocycles. The molecule has 96 valence electrons. The van der Waals surface area contributed by atoms with Crippen LogP contribution in [-0.2, 0) is 12.8 Å². The number of aryl methyl sites for hydroxylation is 3. The van der Waals surface area contributed by atoms with Gasteiger partial charge in [0.2, 0.25) is 0 Å². The van der Waals surface area contributed by atoms with Crippen LogP contribution in [0.15, 0.2) is 34.7 Å². The Hall–Kier alpha value is -1.54. The number of rotatable bonds is 4. The summed E-state index contributed by atoms with van der Waals surface area (Å²) < 4.78 is 5.71. The molecule has 0 radical (unpaired) electrons. The van der Waals surface area contributed by atoms with Crippen molar-refractivity contribution in [2.24, 2.45) is 5.73 Å². The molecule has 2 nitrogen and oxygen atoms in total. The van der Waals surface area contributed by atoms with Gasteiger partial charge in [0.15, 0.2) is 0 Å². The first kappa shape index (κ1) is 12.9. The van der Waals surface area contributed by atoms with Gasteiger partial charge in [0.1, 0.15) is 11.5 Å². The lowest BCUT2D eigenvalue weighted by Crippen LogP contribution is -2.13. The highest BCUT2D eigenvalue weighted by Crippen LogP contribution is 2.21. The molecule has 0 fully saturated rings. The van der Waals surface area contributed by atoms with Crippen molar-refractivity contribution >= 4 is 0 Å². The van der Waals surface area contributed by atoms with Crippen LogP contribution >= 0.6 is 0 Å². The topological polar surface area (TPSA) is 39.2 Å². The lowest BCUT2D eigenvalue weighted by molar-refractivity contribution is 0.434. The van der Waals surface area contributed by atoms with Crippen molar-refractivity contribution in [2.45, 2.75) is 39.7 Å². The Balaban J connectivity index is 2.15. The molecule has 1 unspecified atom stereocenters. The van der Waals surface area contributed by atoms with Gasteiger partial charge in [0.25, 0.3) is 0 Å². The second-order valence-corrected chi connectivity index (χ2v) is 4.90. The minimum Gasteiger partial charge on any atom is -0.464 e. The standard InChI is InChI=1S/C16H21NO/c1-4-14-7-8-16(18-14)15(17)10-13-9-11(2)5-6-12(13)3/h5-9,15H,4,10,17H2,1-3H3. The van der Waals surface area contributed by atoms with Crippen molar-refractivity contribution in [3.05, 3.63) is 58.5 Å². The second kappa shape index (κ2) is 5.40. The summed E-state index contributed by atoms with van der Waals surface area (Å²) in [5.74, 6) is 1.88. The summed E-state index contributed by atoms with van der Waals surface area (Å²) in [6.07, 6.45) is 1.74. The fourth-order valence-corrected chi connectivity index (χ4v) is 2.14. The van der Waals surface area contributed by atoms with Gasteiger partial charge >= 0.3 is 0 Å². The van der Waals surface area contributed by atoms with Gasteiger partial charge in [0.05, 0.1) is 6.04 Å². The van der Waals surface area contributed by atoms with Crippen LogP contribution in [0.4, 0.5) is 0 Å². The summed E-state index contributed by atoms with van der Waals surface area (Å²) in [6, 6.07) is 10.4. The van der Waals surface area contributed by atoms with Crippen molar-refractivity contribution in [1.82, 2.24) is 0 Å². The van der Waals surface area contributed by atoms with Crippen molar-refractivity contribution in [3.63, 3.8) is 0 Å². The predicted octanol–water partition coefficient (Wildman–Crippen LogP) is 3.70. The Bertz CT molecular complexity index is 528. The molecule has 2 N–H and O–H groups in total. The molecule has 2 aromatic rings. The molecule has 0 bridgehead atoms. The Morgan fingerprint density at radius 3 is 2.61 bits per heavy atom. The lowest BCUT2D eigenvalue weighted by atomic mass is 9.98. The summed E-state index contributed by atoms with van der Waals surface area (Å²) in [5.41, 5.74) is 10.1. The SMILES string of the molecule is CCc1ccc(C(N)Cc2cc(C)ccc2C)o1. The molecular weight excluding hydrogens is 222 g/mol. The third kappa shape index (κ3) is 2.82. The third-order valence-corrected chi connectivity index (χ3v) is 3.34. The number of hydrogen-bond acceptors (Lipinski definition) is 2. The van der Waals surface area contributed by atoms with Crippen LogP contribution in [0, 0.1) is 13.8 Å². The van der Waals surface area contributed by atoms with E-state index < -0.39 is 0 Å². The normalized spacial score (nSPS) is 12.7. The van der Waals surface area contributed by atoms with E-state index in [1.54, 1.807) is 0 Å². The maximum Gasteiger partial charge on any atom is 0.121 e. The summed E-state index contributed by atoms with van der Waals surface area (Å²) >= 11 is 0. The Morgan fingerprint density at radius 1 is 1.17 bits per heavy atom. The molecule has 1 heterocycles. The summed E-state index contributed by atoms with van der Waals surface area (Å²) in [7, 11) is 0. The summed E-state index contributed by atoms with van der Waals surface area (Å²) in [4.78, 5) is 0. The Labute approximate surface area is 109 Å². The van der Waals surface area contributed by atoms with Crippen LogP contribution < -0.4 is 5.73 Å². The molecule has 0 spiro atoms. The van der Waals surface area contributed by atoms with Crippen molar-refractivity contribution in [1.29, 1.82) is 0 Å². The number of hydrogen-bond donors (Lipinski definition) is 1. The fraction of sp³-hybridized carbons (Fsp3) is 0.375. The van der Waals surface area contributed by atoms with E-state index in [9.17, 15) is 0 Å². The molecule has 2 rings (SSSR count). The lowest BCUT2D eigenvalue weighted by Gasteiger charge is -2.12. The van der Waals surface area contributed by atoms with E-state index in [-0.39, 0.29) is 6.04 Å². The van der Waals surface area contributed by atoms with E-state index in [1.807, 2.05) is 12.1 Å². The largest absolute Gasteiger partial charge is 0.464 e. The molecule has 1 aromatic carbocycles. The number of benzene rings is 1. The molecule has 2 heteroatoms. The quantitative estimate of drug-likeness (QED) is 0.889.